The van der Waals surface area contributed by atoms with Gasteiger partial charge in [-0.25, -0.2) is 14.0 Å². The molecule has 1 unspecified atom stereocenters. The monoisotopic (exact) mass is 434 g/mol. The number of hydrogen-bond donors (Lipinski definition) is 1. The maximum absolute atomic E-state index is 17.1. The summed E-state index contributed by atoms with van der Waals surface area (Å²) in [5, 5.41) is 11.3. The van der Waals surface area contributed by atoms with Gasteiger partial charge in [-0.3, -0.25) is 4.79 Å². The van der Waals surface area contributed by atoms with E-state index in [4.69, 9.17) is 14.2 Å². The number of cyclic esters (lactones) is 1. The highest BCUT2D eigenvalue weighted by Gasteiger charge is 2.78. The number of ketones is 1. The maximum atomic E-state index is 17.1. The molecule has 0 amide bonds. The van der Waals surface area contributed by atoms with Gasteiger partial charge in [-0.05, 0) is 57.1 Å². The molecule has 7 nitrogen and oxygen atoms in total. The van der Waals surface area contributed by atoms with Gasteiger partial charge in [-0.2, -0.15) is 0 Å². The summed E-state index contributed by atoms with van der Waals surface area (Å²) in [6, 6.07) is 0. The Hall–Kier alpha value is -2.22. The summed E-state index contributed by atoms with van der Waals surface area (Å²) in [6.45, 7) is 3.61. The largest absolute Gasteiger partial charge is 0.510 e. The Morgan fingerprint density at radius 2 is 2.00 bits per heavy atom. The zero-order valence-electron chi connectivity index (χ0n) is 17.9. The molecule has 0 aromatic carbocycles. The van der Waals surface area contributed by atoms with Crippen molar-refractivity contribution < 1.29 is 38.1 Å². The smallest absolute Gasteiger partial charge is 0.466 e. The first-order chi connectivity index (χ1) is 14.5. The van der Waals surface area contributed by atoms with E-state index in [-0.39, 0.29) is 18.1 Å². The summed E-state index contributed by atoms with van der Waals surface area (Å²) in [5.74, 6) is -1.65. The topological polar surface area (TPSA) is 99.1 Å². The van der Waals surface area contributed by atoms with Gasteiger partial charge in [0.1, 0.15) is 0 Å². The fourth-order valence-corrected chi connectivity index (χ4v) is 7.59. The van der Waals surface area contributed by atoms with E-state index in [0.29, 0.717) is 31.3 Å². The molecule has 1 heterocycles. The highest BCUT2D eigenvalue weighted by atomic mass is 19.1. The van der Waals surface area contributed by atoms with Crippen LogP contribution in [0.4, 0.5) is 9.18 Å². The average molecular weight is 434 g/mol. The Bertz CT molecular complexity index is 942. The predicted octanol–water partition coefficient (Wildman–Crippen LogP) is 2.80. The van der Waals surface area contributed by atoms with Crippen molar-refractivity contribution in [3.63, 3.8) is 0 Å². The van der Waals surface area contributed by atoms with Crippen molar-refractivity contribution in [2.75, 3.05) is 7.11 Å². The van der Waals surface area contributed by atoms with E-state index in [1.165, 1.54) is 19.3 Å². The van der Waals surface area contributed by atoms with Crippen LogP contribution in [0, 0.1) is 22.7 Å². The van der Waals surface area contributed by atoms with Crippen LogP contribution in [0.3, 0.4) is 0 Å². The van der Waals surface area contributed by atoms with Crippen molar-refractivity contribution >= 4 is 17.9 Å². The third kappa shape index (κ3) is 2.24. The van der Waals surface area contributed by atoms with Crippen LogP contribution in [0.2, 0.25) is 0 Å². The van der Waals surface area contributed by atoms with Crippen LogP contribution >= 0.6 is 0 Å². The van der Waals surface area contributed by atoms with Crippen molar-refractivity contribution in [1.29, 1.82) is 0 Å². The quantitative estimate of drug-likeness (QED) is 0.634. The number of esters is 1. The van der Waals surface area contributed by atoms with Gasteiger partial charge >= 0.3 is 12.1 Å². The molecule has 5 rings (SSSR count). The average Bonchev–Trinajstić information content (AvgIpc) is 3.21. The molecular formula is C23H27FO7. The molecule has 1 spiro atoms. The summed E-state index contributed by atoms with van der Waals surface area (Å²) < 4.78 is 32.8. The number of aliphatic hydroxyl groups is 1. The molecule has 1 N–H and O–H groups in total. The fourth-order valence-electron chi connectivity index (χ4n) is 7.59. The van der Waals surface area contributed by atoms with E-state index >= 15 is 4.39 Å². The van der Waals surface area contributed by atoms with Crippen molar-refractivity contribution in [2.45, 2.75) is 69.4 Å². The van der Waals surface area contributed by atoms with Crippen LogP contribution in [0.25, 0.3) is 0 Å². The van der Waals surface area contributed by atoms with E-state index in [0.717, 1.165) is 0 Å². The number of alkyl halides is 1. The van der Waals surface area contributed by atoms with Crippen LogP contribution in [0.1, 0.15) is 46.0 Å². The molecule has 4 fully saturated rings. The Balaban J connectivity index is 1.60. The second kappa shape index (κ2) is 6.18. The molecule has 3 saturated carbocycles. The first kappa shape index (κ1) is 20.7. The van der Waals surface area contributed by atoms with Crippen LogP contribution in [0.5, 0.6) is 0 Å². The first-order valence-electron chi connectivity index (χ1n) is 10.8. The van der Waals surface area contributed by atoms with Crippen molar-refractivity contribution in [1.82, 2.24) is 0 Å². The van der Waals surface area contributed by atoms with Gasteiger partial charge in [0, 0.05) is 16.7 Å². The minimum Gasteiger partial charge on any atom is -0.466 e. The van der Waals surface area contributed by atoms with Crippen LogP contribution in [-0.4, -0.2) is 53.6 Å². The number of halogens is 1. The normalized spacial score (nSPS) is 50.2. The summed E-state index contributed by atoms with van der Waals surface area (Å²) in [4.78, 5) is 36.5. The van der Waals surface area contributed by atoms with Gasteiger partial charge in [0.25, 0.3) is 0 Å². The summed E-state index contributed by atoms with van der Waals surface area (Å²) in [7, 11) is 1.21. The molecule has 0 bridgehead atoms. The summed E-state index contributed by atoms with van der Waals surface area (Å²) >= 11 is 0. The van der Waals surface area contributed by atoms with E-state index in [9.17, 15) is 19.5 Å². The van der Waals surface area contributed by atoms with Gasteiger partial charge < -0.3 is 19.3 Å². The van der Waals surface area contributed by atoms with Gasteiger partial charge in [0.15, 0.2) is 17.1 Å². The minimum atomic E-state index is -1.98. The molecule has 8 heteroatoms. The second-order valence-corrected chi connectivity index (χ2v) is 10.1. The van der Waals surface area contributed by atoms with E-state index in [1.54, 1.807) is 13.0 Å². The van der Waals surface area contributed by atoms with Crippen LogP contribution < -0.4 is 0 Å². The lowest BCUT2D eigenvalue weighted by Gasteiger charge is -2.62. The standard InChI is InChI=1S/C23H27FO7/c1-20-8-6-13(25)10-12(20)4-5-15-14-7-9-22(17(18(27)29-3)30-19(28)31-22)21(14,2)11-16(26)23(15,20)24/h6,8,10,14-17,26H,4-5,7,9,11H2,1-3H3/t14-,15-,16?,17-,20-,21-,22-,23-/m0/s1. The minimum absolute atomic E-state index is 0.000538. The lowest BCUT2D eigenvalue weighted by Crippen LogP contribution is -2.69. The number of hydrogen-bond acceptors (Lipinski definition) is 7. The van der Waals surface area contributed by atoms with Gasteiger partial charge in [-0.15, -0.1) is 0 Å². The van der Waals surface area contributed by atoms with Gasteiger partial charge in [0.2, 0.25) is 6.10 Å². The predicted molar refractivity (Wildman–Crippen MR) is 104 cm³/mol. The highest BCUT2D eigenvalue weighted by molar-refractivity contribution is 6.01. The van der Waals surface area contributed by atoms with Crippen LogP contribution in [-0.2, 0) is 23.8 Å². The lowest BCUT2D eigenvalue weighted by atomic mass is 9.44. The highest BCUT2D eigenvalue weighted by Crippen LogP contribution is 2.71. The van der Waals surface area contributed by atoms with Crippen molar-refractivity contribution in [2.24, 2.45) is 22.7 Å². The fraction of sp³-hybridized carbons (Fsp3) is 0.696. The Morgan fingerprint density at radius 3 is 2.71 bits per heavy atom. The number of methoxy groups -OCH3 is 1. The number of allylic oxidation sites excluding steroid dienone is 4. The SMILES string of the molecule is COC(=O)[C@@H]1OC(=O)O[C@@]12CC[C@H]1[C@@H]3CCC4=CC(=O)C=C[C@]4(C)[C@@]3(F)C(O)C[C@@]12C. The van der Waals surface area contributed by atoms with Crippen molar-refractivity contribution in [3.8, 4) is 0 Å². The van der Waals surface area contributed by atoms with Gasteiger partial charge in [-0.1, -0.05) is 18.6 Å². The Morgan fingerprint density at radius 1 is 1.26 bits per heavy atom. The molecule has 4 aliphatic carbocycles. The van der Waals surface area contributed by atoms with Crippen molar-refractivity contribution in [3.05, 3.63) is 23.8 Å². The molecule has 8 atom stereocenters. The number of aliphatic hydroxyl groups excluding tert-OH is 1. The second-order valence-electron chi connectivity index (χ2n) is 10.1. The maximum Gasteiger partial charge on any atom is 0.510 e. The molecule has 1 saturated heterocycles. The van der Waals surface area contributed by atoms with Crippen LogP contribution in [0.15, 0.2) is 23.8 Å². The molecule has 31 heavy (non-hydrogen) atoms. The molecule has 0 aromatic heterocycles. The molecule has 1 aliphatic heterocycles. The molecule has 168 valence electrons. The summed E-state index contributed by atoms with van der Waals surface area (Å²) in [5.41, 5.74) is -4.54. The zero-order valence-corrected chi connectivity index (χ0v) is 17.9. The molecule has 0 aromatic rings. The lowest BCUT2D eigenvalue weighted by molar-refractivity contribution is -0.219. The van der Waals surface area contributed by atoms with E-state index in [2.05, 4.69) is 0 Å². The number of carbonyl (C=O) groups excluding carboxylic acids is 3. The molecule has 0 radical (unpaired) electrons. The van der Waals surface area contributed by atoms with E-state index < -0.39 is 52.4 Å². The number of rotatable bonds is 1. The number of fused-ring (bicyclic) bond motifs is 6. The zero-order chi connectivity index (χ0) is 22.4. The molecular weight excluding hydrogens is 407 g/mol. The summed E-state index contributed by atoms with van der Waals surface area (Å²) in [6.07, 6.45) is 2.77. The Labute approximate surface area is 179 Å². The number of ether oxygens (including phenoxy) is 3. The molecule has 5 aliphatic rings. The Kier molecular flexibility index (Phi) is 4.12. The first-order valence-corrected chi connectivity index (χ1v) is 10.8. The third-order valence-corrected chi connectivity index (χ3v) is 9.14. The number of carbonyl (C=O) groups is 3. The van der Waals surface area contributed by atoms with E-state index in [1.807, 2.05) is 6.92 Å². The third-order valence-electron chi connectivity index (χ3n) is 9.14. The van der Waals surface area contributed by atoms with Gasteiger partial charge in [0.05, 0.1) is 13.2 Å².